The first-order chi connectivity index (χ1) is 10.9. The molecule has 2 aromatic rings. The molecule has 0 saturated carbocycles. The van der Waals surface area contributed by atoms with Gasteiger partial charge in [-0.15, -0.1) is 0 Å². The maximum Gasteiger partial charge on any atom is 0.335 e. The Bertz CT molecular complexity index is 812. The van der Waals surface area contributed by atoms with Crippen molar-refractivity contribution in [2.75, 3.05) is 0 Å². The van der Waals surface area contributed by atoms with Gasteiger partial charge in [-0.2, -0.15) is 0 Å². The number of nitrogens with zero attached hydrogens (tertiary/aromatic N) is 1. The first-order valence-electron chi connectivity index (χ1n) is 6.38. The van der Waals surface area contributed by atoms with Crippen molar-refractivity contribution in [3.8, 4) is 0 Å². The summed E-state index contributed by atoms with van der Waals surface area (Å²) < 4.78 is 0. The molecular formula is C16H10ClNO5. The number of allylic oxidation sites excluding steroid dienone is 1. The van der Waals surface area contributed by atoms with Crippen molar-refractivity contribution >= 4 is 35.1 Å². The lowest BCUT2D eigenvalue weighted by Gasteiger charge is -1.99. The van der Waals surface area contributed by atoms with E-state index in [0.29, 0.717) is 5.56 Å². The van der Waals surface area contributed by atoms with Crippen LogP contribution in [0.4, 0.5) is 5.69 Å². The van der Waals surface area contributed by atoms with Gasteiger partial charge in [0.2, 0.25) is 0 Å². The van der Waals surface area contributed by atoms with Gasteiger partial charge in [0.25, 0.3) is 5.69 Å². The summed E-state index contributed by atoms with van der Waals surface area (Å²) in [5.74, 6) is -1.46. The number of nitro groups is 1. The molecule has 116 valence electrons. The minimum absolute atomic E-state index is 0.0419. The molecule has 0 bridgehead atoms. The molecule has 0 radical (unpaired) electrons. The lowest BCUT2D eigenvalue weighted by molar-refractivity contribution is -0.384. The van der Waals surface area contributed by atoms with Gasteiger partial charge in [0, 0.05) is 11.6 Å². The van der Waals surface area contributed by atoms with Crippen molar-refractivity contribution in [2.24, 2.45) is 0 Å². The van der Waals surface area contributed by atoms with Gasteiger partial charge in [0.1, 0.15) is 5.02 Å². The van der Waals surface area contributed by atoms with Crippen LogP contribution in [0.3, 0.4) is 0 Å². The minimum Gasteiger partial charge on any atom is -0.478 e. The van der Waals surface area contributed by atoms with Crippen LogP contribution in [-0.4, -0.2) is 21.8 Å². The molecule has 0 atom stereocenters. The van der Waals surface area contributed by atoms with Crippen LogP contribution in [0.1, 0.15) is 26.3 Å². The topological polar surface area (TPSA) is 97.5 Å². The van der Waals surface area contributed by atoms with Gasteiger partial charge in [-0.05, 0) is 35.9 Å². The molecule has 0 unspecified atom stereocenters. The molecule has 0 aliphatic rings. The normalized spacial score (nSPS) is 10.7. The third-order valence-electron chi connectivity index (χ3n) is 3.01. The fourth-order valence-corrected chi connectivity index (χ4v) is 2.00. The van der Waals surface area contributed by atoms with Crippen LogP contribution >= 0.6 is 11.6 Å². The van der Waals surface area contributed by atoms with Crippen LogP contribution in [0, 0.1) is 10.1 Å². The number of carbonyl (C=O) groups excluding carboxylic acids is 1. The average Bonchev–Trinajstić information content (AvgIpc) is 2.53. The first-order valence-corrected chi connectivity index (χ1v) is 6.76. The molecule has 0 fully saturated rings. The minimum atomic E-state index is -1.04. The van der Waals surface area contributed by atoms with E-state index in [4.69, 9.17) is 16.7 Å². The summed E-state index contributed by atoms with van der Waals surface area (Å²) in [5.41, 5.74) is 0.574. The summed E-state index contributed by atoms with van der Waals surface area (Å²) in [4.78, 5) is 32.9. The van der Waals surface area contributed by atoms with Gasteiger partial charge < -0.3 is 5.11 Å². The summed E-state index contributed by atoms with van der Waals surface area (Å²) >= 11 is 5.69. The Hall–Kier alpha value is -2.99. The number of hydrogen-bond donors (Lipinski definition) is 1. The van der Waals surface area contributed by atoms with Gasteiger partial charge in [-0.3, -0.25) is 14.9 Å². The van der Waals surface area contributed by atoms with Crippen LogP contribution in [0.25, 0.3) is 6.08 Å². The molecule has 0 spiro atoms. The lowest BCUT2D eigenvalue weighted by atomic mass is 10.1. The van der Waals surface area contributed by atoms with E-state index >= 15 is 0 Å². The number of carbonyl (C=O) groups is 2. The van der Waals surface area contributed by atoms with Crippen molar-refractivity contribution in [2.45, 2.75) is 0 Å². The highest BCUT2D eigenvalue weighted by Crippen LogP contribution is 2.25. The lowest BCUT2D eigenvalue weighted by Crippen LogP contribution is -1.97. The predicted octanol–water partition coefficient (Wildman–Crippen LogP) is 3.84. The molecule has 0 heterocycles. The molecule has 0 aromatic heterocycles. The summed E-state index contributed by atoms with van der Waals surface area (Å²) in [5, 5.41) is 19.6. The van der Waals surface area contributed by atoms with E-state index in [1.807, 2.05) is 0 Å². The van der Waals surface area contributed by atoms with E-state index in [0.717, 1.165) is 6.07 Å². The number of hydrogen-bond acceptors (Lipinski definition) is 4. The maximum atomic E-state index is 12.0. The maximum absolute atomic E-state index is 12.0. The van der Waals surface area contributed by atoms with Crippen LogP contribution in [0.15, 0.2) is 48.5 Å². The Morgan fingerprint density at radius 3 is 2.26 bits per heavy atom. The molecule has 0 amide bonds. The number of nitro benzene ring substituents is 1. The number of halogens is 1. The summed E-state index contributed by atoms with van der Waals surface area (Å²) in [6.45, 7) is 0. The summed E-state index contributed by atoms with van der Waals surface area (Å²) in [6.07, 6.45) is 2.75. The van der Waals surface area contributed by atoms with Gasteiger partial charge in [0.05, 0.1) is 10.5 Å². The van der Waals surface area contributed by atoms with Crippen LogP contribution in [0.2, 0.25) is 5.02 Å². The smallest absolute Gasteiger partial charge is 0.335 e. The number of benzene rings is 2. The molecule has 0 aliphatic carbocycles. The van der Waals surface area contributed by atoms with Crippen molar-refractivity contribution < 1.29 is 19.6 Å². The van der Waals surface area contributed by atoms with Crippen LogP contribution in [-0.2, 0) is 0 Å². The standard InChI is InChI=1S/C16H10ClNO5/c17-13-7-6-12(9-14(13)18(22)23)15(19)8-3-10-1-4-11(5-2-10)16(20)21/h1-9H,(H,20,21). The number of carboxylic acid groups (broad SMARTS) is 1. The van der Waals surface area contributed by atoms with E-state index in [2.05, 4.69) is 0 Å². The van der Waals surface area contributed by atoms with Gasteiger partial charge in [-0.1, -0.05) is 29.8 Å². The second-order valence-electron chi connectivity index (χ2n) is 4.55. The molecule has 23 heavy (non-hydrogen) atoms. The zero-order valence-electron chi connectivity index (χ0n) is 11.6. The van der Waals surface area contributed by atoms with E-state index in [1.54, 1.807) is 12.1 Å². The highest BCUT2D eigenvalue weighted by molar-refractivity contribution is 6.32. The molecule has 1 N–H and O–H groups in total. The largest absolute Gasteiger partial charge is 0.478 e. The number of ketones is 1. The van der Waals surface area contributed by atoms with E-state index in [1.165, 1.54) is 36.4 Å². The molecule has 2 rings (SSSR count). The highest BCUT2D eigenvalue weighted by Gasteiger charge is 2.15. The van der Waals surface area contributed by atoms with E-state index in [-0.39, 0.29) is 21.8 Å². The Kier molecular flexibility index (Phi) is 4.88. The van der Waals surface area contributed by atoms with Gasteiger partial charge in [0.15, 0.2) is 5.78 Å². The van der Waals surface area contributed by atoms with E-state index in [9.17, 15) is 19.7 Å². The predicted molar refractivity (Wildman–Crippen MR) is 84.9 cm³/mol. The zero-order chi connectivity index (χ0) is 17.0. The number of carboxylic acids is 1. The quantitative estimate of drug-likeness (QED) is 0.388. The summed E-state index contributed by atoms with van der Waals surface area (Å²) in [7, 11) is 0. The second kappa shape index (κ2) is 6.85. The molecule has 0 saturated heterocycles. The molecular weight excluding hydrogens is 322 g/mol. The fourth-order valence-electron chi connectivity index (χ4n) is 1.81. The molecule has 0 aliphatic heterocycles. The molecule has 2 aromatic carbocycles. The van der Waals surface area contributed by atoms with E-state index < -0.39 is 16.7 Å². The third-order valence-corrected chi connectivity index (χ3v) is 3.33. The Morgan fingerprint density at radius 2 is 1.70 bits per heavy atom. The second-order valence-corrected chi connectivity index (χ2v) is 4.96. The Labute approximate surface area is 135 Å². The van der Waals surface area contributed by atoms with Crippen molar-refractivity contribution in [3.05, 3.63) is 80.4 Å². The van der Waals surface area contributed by atoms with Crippen molar-refractivity contribution in [1.29, 1.82) is 0 Å². The fraction of sp³-hybridized carbons (Fsp3) is 0. The first kappa shape index (κ1) is 16.4. The Balaban J connectivity index is 2.19. The molecule has 6 nitrogen and oxygen atoms in total. The average molecular weight is 332 g/mol. The Morgan fingerprint density at radius 1 is 1.09 bits per heavy atom. The monoisotopic (exact) mass is 331 g/mol. The highest BCUT2D eigenvalue weighted by atomic mass is 35.5. The third kappa shape index (κ3) is 4.02. The molecule has 7 heteroatoms. The number of aromatic carboxylic acids is 1. The number of rotatable bonds is 5. The van der Waals surface area contributed by atoms with Gasteiger partial charge >= 0.3 is 5.97 Å². The van der Waals surface area contributed by atoms with Crippen LogP contribution < -0.4 is 0 Å². The summed E-state index contributed by atoms with van der Waals surface area (Å²) in [6, 6.07) is 9.74. The van der Waals surface area contributed by atoms with Crippen molar-refractivity contribution in [3.63, 3.8) is 0 Å². The van der Waals surface area contributed by atoms with Gasteiger partial charge in [-0.25, -0.2) is 4.79 Å². The SMILES string of the molecule is O=C(O)c1ccc(C=CC(=O)c2ccc(Cl)c([N+](=O)[O-])c2)cc1. The zero-order valence-corrected chi connectivity index (χ0v) is 12.4. The van der Waals surface area contributed by atoms with Crippen LogP contribution in [0.5, 0.6) is 0 Å². The van der Waals surface area contributed by atoms with Crippen molar-refractivity contribution in [1.82, 2.24) is 0 Å².